The molecule has 0 bridgehead atoms. The zero-order valence-corrected chi connectivity index (χ0v) is 15.7. The van der Waals surface area contributed by atoms with Crippen molar-refractivity contribution in [2.75, 3.05) is 5.75 Å². The molecule has 21 heavy (non-hydrogen) atoms. The Morgan fingerprint density at radius 1 is 0.381 bits per heavy atom. The molecule has 0 N–H and O–H groups in total. The Morgan fingerprint density at radius 2 is 0.619 bits per heavy atom. The summed E-state index contributed by atoms with van der Waals surface area (Å²) >= 11 is 4.96. The van der Waals surface area contributed by atoms with Crippen LogP contribution in [0.5, 0.6) is 0 Å². The summed E-state index contributed by atoms with van der Waals surface area (Å²) in [7, 11) is 0. The maximum absolute atomic E-state index is 4.96. The molecule has 0 unspecified atom stereocenters. The lowest BCUT2D eigenvalue weighted by molar-refractivity contribution is 0.527. The zero-order valence-electron chi connectivity index (χ0n) is 14.8. The maximum Gasteiger partial charge on any atom is 0.00369 e. The molecular formula is C20H41S. The van der Waals surface area contributed by atoms with E-state index in [1.165, 1.54) is 116 Å². The molecule has 0 rings (SSSR count). The van der Waals surface area contributed by atoms with Gasteiger partial charge < -0.3 is 0 Å². The minimum atomic E-state index is 0.957. The second-order valence-electron chi connectivity index (χ2n) is 6.71. The maximum atomic E-state index is 4.96. The zero-order chi connectivity index (χ0) is 15.4. The molecule has 1 radical (unpaired) electrons. The first-order valence-electron chi connectivity index (χ1n) is 10.00. The number of hydrogen-bond acceptors (Lipinski definition) is 0. The molecule has 127 valence electrons. The fraction of sp³-hybridized carbons (Fsp3) is 1.00. The summed E-state index contributed by atoms with van der Waals surface area (Å²) in [5.74, 6) is 0.957. The fourth-order valence-electron chi connectivity index (χ4n) is 3.00. The van der Waals surface area contributed by atoms with Crippen LogP contribution in [0.4, 0.5) is 0 Å². The van der Waals surface area contributed by atoms with Crippen molar-refractivity contribution < 1.29 is 0 Å². The summed E-state index contributed by atoms with van der Waals surface area (Å²) in [6.07, 6.45) is 26.0. The predicted octanol–water partition coefficient (Wildman–Crippen LogP) is 8.23. The number of unbranched alkanes of at least 4 members (excludes halogenated alkanes) is 17. The molecule has 0 heterocycles. The third-order valence-corrected chi connectivity index (χ3v) is 4.79. The molecule has 0 aliphatic carbocycles. The first-order valence-corrected chi connectivity index (χ1v) is 10.6. The van der Waals surface area contributed by atoms with E-state index in [-0.39, 0.29) is 0 Å². The molecule has 0 nitrogen and oxygen atoms in total. The largest absolute Gasteiger partial charge is 0.0942 e. The van der Waals surface area contributed by atoms with Gasteiger partial charge in [0.05, 0.1) is 0 Å². The molecule has 0 spiro atoms. The highest BCUT2D eigenvalue weighted by atomic mass is 32.1. The summed E-state index contributed by atoms with van der Waals surface area (Å²) < 4.78 is 0. The Balaban J connectivity index is 2.90. The second kappa shape index (κ2) is 20.3. The van der Waals surface area contributed by atoms with E-state index >= 15 is 0 Å². The van der Waals surface area contributed by atoms with Crippen LogP contribution in [0.2, 0.25) is 0 Å². The third kappa shape index (κ3) is 20.4. The molecule has 0 amide bonds. The van der Waals surface area contributed by atoms with Crippen molar-refractivity contribution in [1.29, 1.82) is 0 Å². The van der Waals surface area contributed by atoms with Gasteiger partial charge in [0.25, 0.3) is 0 Å². The third-order valence-electron chi connectivity index (χ3n) is 4.50. The SMILES string of the molecule is CCCCCCCCCCCCCCCCCCCC[S]. The van der Waals surface area contributed by atoms with E-state index in [1.54, 1.807) is 0 Å². The van der Waals surface area contributed by atoms with Crippen molar-refractivity contribution in [1.82, 2.24) is 0 Å². The molecule has 0 aromatic rings. The predicted molar refractivity (Wildman–Crippen MR) is 101 cm³/mol. The molecule has 0 aliphatic rings. The van der Waals surface area contributed by atoms with Gasteiger partial charge >= 0.3 is 0 Å². The lowest BCUT2D eigenvalue weighted by Gasteiger charge is -2.03. The van der Waals surface area contributed by atoms with Gasteiger partial charge in [-0.25, -0.2) is 0 Å². The second-order valence-corrected chi connectivity index (χ2v) is 7.12. The average molecular weight is 314 g/mol. The highest BCUT2D eigenvalue weighted by Crippen LogP contribution is 2.14. The topological polar surface area (TPSA) is 0 Å². The van der Waals surface area contributed by atoms with Crippen LogP contribution < -0.4 is 0 Å². The van der Waals surface area contributed by atoms with E-state index in [9.17, 15) is 0 Å². The summed E-state index contributed by atoms with van der Waals surface area (Å²) in [6, 6.07) is 0. The fourth-order valence-corrected chi connectivity index (χ4v) is 3.21. The average Bonchev–Trinajstić information content (AvgIpc) is 2.50. The molecule has 0 aromatic heterocycles. The summed E-state index contributed by atoms with van der Waals surface area (Å²) in [5, 5.41) is 0. The van der Waals surface area contributed by atoms with E-state index in [0.717, 1.165) is 5.75 Å². The number of rotatable bonds is 18. The Hall–Kier alpha value is 0.350. The van der Waals surface area contributed by atoms with Crippen molar-refractivity contribution >= 4 is 12.6 Å². The first-order chi connectivity index (χ1) is 10.4. The Labute approximate surface area is 141 Å². The van der Waals surface area contributed by atoms with Crippen molar-refractivity contribution in [2.24, 2.45) is 0 Å². The van der Waals surface area contributed by atoms with E-state index in [1.807, 2.05) is 0 Å². The van der Waals surface area contributed by atoms with E-state index < -0.39 is 0 Å². The van der Waals surface area contributed by atoms with Crippen LogP contribution in [0.25, 0.3) is 0 Å². The quantitative estimate of drug-likeness (QED) is 0.223. The van der Waals surface area contributed by atoms with Gasteiger partial charge in [-0.2, -0.15) is 0 Å². The van der Waals surface area contributed by atoms with Crippen LogP contribution in [0.1, 0.15) is 122 Å². The molecule has 0 aliphatic heterocycles. The molecule has 0 aromatic carbocycles. The molecule has 0 saturated heterocycles. The van der Waals surface area contributed by atoms with Crippen molar-refractivity contribution in [3.05, 3.63) is 0 Å². The summed E-state index contributed by atoms with van der Waals surface area (Å²) in [5.41, 5.74) is 0. The standard InChI is InChI=1S/C20H41S/c1-2-3-4-5-6-7-8-9-10-11-12-13-14-15-16-17-18-19-20-21/h2-20H2,1H3. The number of hydrogen-bond donors (Lipinski definition) is 0. The van der Waals surface area contributed by atoms with E-state index in [4.69, 9.17) is 12.6 Å². The van der Waals surface area contributed by atoms with Crippen molar-refractivity contribution in [2.45, 2.75) is 122 Å². The van der Waals surface area contributed by atoms with Gasteiger partial charge in [0, 0.05) is 5.75 Å². The van der Waals surface area contributed by atoms with Crippen LogP contribution in [0, 0.1) is 0 Å². The van der Waals surface area contributed by atoms with Crippen molar-refractivity contribution in [3.63, 3.8) is 0 Å². The van der Waals surface area contributed by atoms with Crippen molar-refractivity contribution in [3.8, 4) is 0 Å². The normalized spacial score (nSPS) is 11.1. The molecule has 0 atom stereocenters. The minimum absolute atomic E-state index is 0.957. The Morgan fingerprint density at radius 3 is 0.857 bits per heavy atom. The Kier molecular flexibility index (Phi) is 20.7. The summed E-state index contributed by atoms with van der Waals surface area (Å²) in [6.45, 7) is 2.29. The Bertz CT molecular complexity index is 149. The van der Waals surface area contributed by atoms with Crippen LogP contribution in [-0.4, -0.2) is 5.75 Å². The first kappa shape index (κ1) is 21.4. The van der Waals surface area contributed by atoms with Gasteiger partial charge in [-0.15, -0.1) is 0 Å². The van der Waals surface area contributed by atoms with E-state index in [0.29, 0.717) is 0 Å². The highest BCUT2D eigenvalue weighted by Gasteiger charge is 1.94. The van der Waals surface area contributed by atoms with Gasteiger partial charge in [-0.3, -0.25) is 0 Å². The lowest BCUT2D eigenvalue weighted by atomic mass is 10.0. The summed E-state index contributed by atoms with van der Waals surface area (Å²) in [4.78, 5) is 0. The van der Waals surface area contributed by atoms with Crippen LogP contribution >= 0.6 is 12.6 Å². The minimum Gasteiger partial charge on any atom is -0.0942 e. The van der Waals surface area contributed by atoms with Gasteiger partial charge in [0.1, 0.15) is 0 Å². The van der Waals surface area contributed by atoms with Gasteiger partial charge in [-0.05, 0) is 6.42 Å². The van der Waals surface area contributed by atoms with E-state index in [2.05, 4.69) is 6.92 Å². The van der Waals surface area contributed by atoms with Crippen LogP contribution in [0.3, 0.4) is 0 Å². The molecule has 0 fully saturated rings. The molecule has 1 heteroatoms. The molecular weight excluding hydrogens is 272 g/mol. The molecule has 0 saturated carbocycles. The van der Waals surface area contributed by atoms with Crippen LogP contribution in [0.15, 0.2) is 0 Å². The van der Waals surface area contributed by atoms with Gasteiger partial charge in [0.2, 0.25) is 0 Å². The monoisotopic (exact) mass is 313 g/mol. The highest BCUT2D eigenvalue weighted by molar-refractivity contribution is 7.80. The lowest BCUT2D eigenvalue weighted by Crippen LogP contribution is -1.84. The van der Waals surface area contributed by atoms with Gasteiger partial charge in [-0.1, -0.05) is 129 Å². The smallest absolute Gasteiger partial charge is 0.00369 e. The van der Waals surface area contributed by atoms with Crippen LogP contribution in [-0.2, 0) is 0 Å². The van der Waals surface area contributed by atoms with Gasteiger partial charge in [0.15, 0.2) is 0 Å².